The van der Waals surface area contributed by atoms with Crippen LogP contribution in [-0.4, -0.2) is 37.2 Å². The highest BCUT2D eigenvalue weighted by atomic mass is 16.6. The largest absolute Gasteiger partial charge is 0.462 e. The van der Waals surface area contributed by atoms with Gasteiger partial charge in [0.1, 0.15) is 13.2 Å². The fraction of sp³-hybridized carbons (Fsp3) is 0.955. The number of rotatable bonds is 60. The molecule has 2 atom stereocenters. The van der Waals surface area contributed by atoms with E-state index in [1.165, 1.54) is 263 Å². The van der Waals surface area contributed by atoms with E-state index in [0.29, 0.717) is 19.3 Å². The van der Waals surface area contributed by atoms with Crippen molar-refractivity contribution >= 4 is 17.9 Å². The first-order valence-corrected chi connectivity index (χ1v) is 32.8. The third-order valence-electron chi connectivity index (χ3n) is 15.6. The Morgan fingerprint density at radius 1 is 0.292 bits per heavy atom. The van der Waals surface area contributed by atoms with Gasteiger partial charge in [-0.3, -0.25) is 14.4 Å². The number of carbonyl (C=O) groups excluding carboxylic acids is 3. The smallest absolute Gasteiger partial charge is 0.306 e. The predicted molar refractivity (Wildman–Crippen MR) is 312 cm³/mol. The van der Waals surface area contributed by atoms with Crippen LogP contribution in [0.1, 0.15) is 375 Å². The second kappa shape index (κ2) is 58.7. The third kappa shape index (κ3) is 57.7. The maximum Gasteiger partial charge on any atom is 0.306 e. The molecule has 0 rings (SSSR count). The van der Waals surface area contributed by atoms with E-state index < -0.39 is 6.10 Å². The van der Waals surface area contributed by atoms with Crippen LogP contribution < -0.4 is 0 Å². The number of esters is 3. The van der Waals surface area contributed by atoms with Crippen LogP contribution in [0.3, 0.4) is 0 Å². The zero-order valence-electron chi connectivity index (χ0n) is 49.6. The van der Waals surface area contributed by atoms with Gasteiger partial charge < -0.3 is 14.2 Å². The standard InChI is InChI=1S/C66H128O6/c1-6-8-9-10-11-12-13-14-15-18-23-26-33-38-43-48-53-58-66(69)72-63(60-71-65(68)57-52-47-42-37-32-28-27-29-34-39-44-49-54-61(3)4)59-70-64(67)56-51-46-41-36-31-25-22-20-17-16-19-21-24-30-35-40-45-50-55-62(5)7-2/h61-63H,6-60H2,1-5H3/t62?,63-/m1/s1. The van der Waals surface area contributed by atoms with Crippen LogP contribution >= 0.6 is 0 Å². The number of hydrogen-bond donors (Lipinski definition) is 0. The first kappa shape index (κ1) is 70.4. The fourth-order valence-electron chi connectivity index (χ4n) is 10.3. The molecule has 0 bridgehead atoms. The van der Waals surface area contributed by atoms with Crippen LogP contribution in [0.25, 0.3) is 0 Å². The molecule has 1 unspecified atom stereocenters. The molecule has 0 aliphatic heterocycles. The number of ether oxygens (including phenoxy) is 3. The van der Waals surface area contributed by atoms with Crippen LogP contribution in [0, 0.1) is 11.8 Å². The molecule has 0 heterocycles. The van der Waals surface area contributed by atoms with Gasteiger partial charge in [0.25, 0.3) is 0 Å². The minimum absolute atomic E-state index is 0.0617. The first-order chi connectivity index (χ1) is 35.3. The van der Waals surface area contributed by atoms with Gasteiger partial charge in [-0.2, -0.15) is 0 Å². The van der Waals surface area contributed by atoms with Gasteiger partial charge in [0, 0.05) is 19.3 Å². The van der Waals surface area contributed by atoms with Crippen LogP contribution in [0.4, 0.5) is 0 Å². The van der Waals surface area contributed by atoms with Gasteiger partial charge in [-0.15, -0.1) is 0 Å². The molecule has 0 N–H and O–H groups in total. The lowest BCUT2D eigenvalue weighted by atomic mass is 9.99. The van der Waals surface area contributed by atoms with Crippen molar-refractivity contribution < 1.29 is 28.6 Å². The van der Waals surface area contributed by atoms with Crippen molar-refractivity contribution in [3.8, 4) is 0 Å². The lowest BCUT2D eigenvalue weighted by molar-refractivity contribution is -0.167. The Labute approximate surface area is 450 Å². The molecule has 0 amide bonds. The van der Waals surface area contributed by atoms with Crippen molar-refractivity contribution in [2.45, 2.75) is 381 Å². The molecule has 72 heavy (non-hydrogen) atoms. The molecule has 0 saturated carbocycles. The minimum Gasteiger partial charge on any atom is -0.462 e. The van der Waals surface area contributed by atoms with Gasteiger partial charge in [0.15, 0.2) is 6.10 Å². The topological polar surface area (TPSA) is 78.9 Å². The Morgan fingerprint density at radius 3 is 0.792 bits per heavy atom. The van der Waals surface area contributed by atoms with Gasteiger partial charge in [0.2, 0.25) is 0 Å². The number of carbonyl (C=O) groups is 3. The highest BCUT2D eigenvalue weighted by Gasteiger charge is 2.19. The van der Waals surface area contributed by atoms with Gasteiger partial charge in [0.05, 0.1) is 0 Å². The average Bonchev–Trinajstić information content (AvgIpc) is 3.37. The molecule has 0 saturated heterocycles. The molecule has 6 nitrogen and oxygen atoms in total. The fourth-order valence-corrected chi connectivity index (χ4v) is 10.3. The van der Waals surface area contributed by atoms with E-state index in [0.717, 1.165) is 69.6 Å². The highest BCUT2D eigenvalue weighted by Crippen LogP contribution is 2.19. The molecule has 0 aliphatic carbocycles. The third-order valence-corrected chi connectivity index (χ3v) is 15.6. The van der Waals surface area contributed by atoms with Crippen LogP contribution in [0.5, 0.6) is 0 Å². The highest BCUT2D eigenvalue weighted by molar-refractivity contribution is 5.71. The van der Waals surface area contributed by atoms with E-state index in [-0.39, 0.29) is 31.1 Å². The molecule has 0 spiro atoms. The average molecular weight is 1020 g/mol. The van der Waals surface area contributed by atoms with Gasteiger partial charge in [-0.25, -0.2) is 0 Å². The summed E-state index contributed by atoms with van der Waals surface area (Å²) in [6.45, 7) is 11.5. The molecule has 6 heteroatoms. The maximum absolute atomic E-state index is 12.9. The summed E-state index contributed by atoms with van der Waals surface area (Å²) >= 11 is 0. The van der Waals surface area contributed by atoms with E-state index in [1.807, 2.05) is 0 Å². The van der Waals surface area contributed by atoms with Gasteiger partial charge in [-0.05, 0) is 31.1 Å². The van der Waals surface area contributed by atoms with Crippen molar-refractivity contribution in [2.24, 2.45) is 11.8 Å². The summed E-state index contributed by atoms with van der Waals surface area (Å²) in [5, 5.41) is 0. The molecule has 0 aliphatic rings. The molecule has 428 valence electrons. The zero-order chi connectivity index (χ0) is 52.5. The molecule has 0 aromatic rings. The maximum atomic E-state index is 12.9. The van der Waals surface area contributed by atoms with E-state index >= 15 is 0 Å². The van der Waals surface area contributed by atoms with E-state index in [1.54, 1.807) is 0 Å². The molecule has 0 fully saturated rings. The summed E-state index contributed by atoms with van der Waals surface area (Å²) in [6.07, 6.45) is 65.3. The van der Waals surface area contributed by atoms with Gasteiger partial charge in [-0.1, -0.05) is 336 Å². The first-order valence-electron chi connectivity index (χ1n) is 32.8. The van der Waals surface area contributed by atoms with Crippen molar-refractivity contribution in [2.75, 3.05) is 13.2 Å². The zero-order valence-corrected chi connectivity index (χ0v) is 49.6. The van der Waals surface area contributed by atoms with Crippen molar-refractivity contribution in [3.63, 3.8) is 0 Å². The number of unbranched alkanes of at least 4 members (excludes halogenated alkanes) is 44. The van der Waals surface area contributed by atoms with Crippen LogP contribution in [-0.2, 0) is 28.6 Å². The Hall–Kier alpha value is -1.59. The van der Waals surface area contributed by atoms with E-state index in [2.05, 4.69) is 34.6 Å². The van der Waals surface area contributed by atoms with E-state index in [9.17, 15) is 14.4 Å². The molecule has 0 radical (unpaired) electrons. The Balaban J connectivity index is 4.26. The Morgan fingerprint density at radius 2 is 0.528 bits per heavy atom. The second-order valence-electron chi connectivity index (χ2n) is 23.5. The summed E-state index contributed by atoms with van der Waals surface area (Å²) in [5.41, 5.74) is 0. The van der Waals surface area contributed by atoms with Crippen molar-refractivity contribution in [1.29, 1.82) is 0 Å². The molecule has 0 aromatic carbocycles. The Kier molecular flexibility index (Phi) is 57.4. The molecular formula is C66H128O6. The quantitative estimate of drug-likeness (QED) is 0.0343. The summed E-state index contributed by atoms with van der Waals surface area (Å²) in [4.78, 5) is 38.3. The summed E-state index contributed by atoms with van der Waals surface area (Å²) < 4.78 is 17.0. The molecular weight excluding hydrogens is 889 g/mol. The summed E-state index contributed by atoms with van der Waals surface area (Å²) in [5.74, 6) is 0.914. The molecule has 0 aromatic heterocycles. The van der Waals surface area contributed by atoms with Crippen LogP contribution in [0.15, 0.2) is 0 Å². The summed E-state index contributed by atoms with van der Waals surface area (Å²) in [7, 11) is 0. The second-order valence-corrected chi connectivity index (χ2v) is 23.5. The van der Waals surface area contributed by atoms with Gasteiger partial charge >= 0.3 is 17.9 Å². The lowest BCUT2D eigenvalue weighted by Gasteiger charge is -2.18. The summed E-state index contributed by atoms with van der Waals surface area (Å²) in [6, 6.07) is 0. The number of hydrogen-bond acceptors (Lipinski definition) is 6. The minimum atomic E-state index is -0.764. The van der Waals surface area contributed by atoms with E-state index in [4.69, 9.17) is 14.2 Å². The lowest BCUT2D eigenvalue weighted by Crippen LogP contribution is -2.30. The predicted octanol–water partition coefficient (Wildman–Crippen LogP) is 22.0. The SMILES string of the molecule is CCCCCCCCCCCCCCCCCCCC(=O)O[C@H](COC(=O)CCCCCCCCCCCCCCCCCCCCC(C)CC)COC(=O)CCCCCCCCCCCCCCC(C)C. The normalized spacial score (nSPS) is 12.4. The Bertz CT molecular complexity index is 1110. The monoisotopic (exact) mass is 1020 g/mol. The van der Waals surface area contributed by atoms with Crippen molar-refractivity contribution in [3.05, 3.63) is 0 Å². The van der Waals surface area contributed by atoms with Crippen LogP contribution in [0.2, 0.25) is 0 Å². The van der Waals surface area contributed by atoms with Crippen molar-refractivity contribution in [1.82, 2.24) is 0 Å².